The number of hydrogen-bond donors (Lipinski definition) is 2. The lowest BCUT2D eigenvalue weighted by Gasteiger charge is -2.08. The van der Waals surface area contributed by atoms with Gasteiger partial charge in [-0.05, 0) is 55.5 Å². The fourth-order valence-electron chi connectivity index (χ4n) is 2.57. The first kappa shape index (κ1) is 19.0. The van der Waals surface area contributed by atoms with Crippen LogP contribution in [0.2, 0.25) is 0 Å². The van der Waals surface area contributed by atoms with Crippen molar-refractivity contribution in [3.05, 3.63) is 65.7 Å². The average molecular weight is 341 g/mol. The molecule has 0 amide bonds. The predicted octanol–water partition coefficient (Wildman–Crippen LogP) is 3.70. The number of carboxylic acid groups (broad SMARTS) is 1. The molecule has 4 nitrogen and oxygen atoms in total. The molecular weight excluding hydrogens is 314 g/mol. The first-order valence-electron chi connectivity index (χ1n) is 8.92. The minimum absolute atomic E-state index is 0.164. The summed E-state index contributed by atoms with van der Waals surface area (Å²) in [6, 6.07) is 18.7. The monoisotopic (exact) mass is 341 g/mol. The highest BCUT2D eigenvalue weighted by atomic mass is 16.5. The van der Waals surface area contributed by atoms with Gasteiger partial charge in [0, 0.05) is 6.54 Å². The molecule has 0 saturated carbocycles. The molecule has 0 aliphatic rings. The molecular formula is C21H27NO3. The number of carbonyl (C=O) groups is 1. The molecule has 0 aliphatic heterocycles. The van der Waals surface area contributed by atoms with Gasteiger partial charge in [-0.3, -0.25) is 4.79 Å². The van der Waals surface area contributed by atoms with Gasteiger partial charge in [-0.15, -0.1) is 0 Å². The molecule has 2 aromatic carbocycles. The second kappa shape index (κ2) is 11.3. The largest absolute Gasteiger partial charge is 0.494 e. The first-order valence-corrected chi connectivity index (χ1v) is 8.92. The maximum atomic E-state index is 10.4. The van der Waals surface area contributed by atoms with E-state index in [4.69, 9.17) is 9.84 Å². The lowest BCUT2D eigenvalue weighted by atomic mass is 10.1. The summed E-state index contributed by atoms with van der Waals surface area (Å²) in [5, 5.41) is 11.7. The Hall–Kier alpha value is -2.33. The van der Waals surface area contributed by atoms with Crippen molar-refractivity contribution in [2.75, 3.05) is 19.7 Å². The molecule has 0 aromatic heterocycles. The van der Waals surface area contributed by atoms with Crippen LogP contribution in [0.1, 0.15) is 30.4 Å². The third-order valence-corrected chi connectivity index (χ3v) is 4.00. The third kappa shape index (κ3) is 8.36. The van der Waals surface area contributed by atoms with Crippen molar-refractivity contribution in [3.8, 4) is 5.75 Å². The molecule has 2 N–H and O–H groups in total. The van der Waals surface area contributed by atoms with Crippen LogP contribution in [0.15, 0.2) is 54.6 Å². The van der Waals surface area contributed by atoms with Crippen LogP contribution >= 0.6 is 0 Å². The zero-order valence-corrected chi connectivity index (χ0v) is 14.6. The van der Waals surface area contributed by atoms with Crippen LogP contribution < -0.4 is 10.1 Å². The Bertz CT molecular complexity index is 611. The van der Waals surface area contributed by atoms with E-state index in [1.807, 2.05) is 18.2 Å². The van der Waals surface area contributed by atoms with Crippen molar-refractivity contribution >= 4 is 5.97 Å². The van der Waals surface area contributed by atoms with Gasteiger partial charge >= 0.3 is 5.97 Å². The lowest BCUT2D eigenvalue weighted by Crippen LogP contribution is -2.20. The zero-order valence-electron chi connectivity index (χ0n) is 14.6. The number of benzene rings is 2. The van der Waals surface area contributed by atoms with E-state index in [9.17, 15) is 4.79 Å². The molecule has 134 valence electrons. The number of nitrogens with one attached hydrogen (secondary N) is 1. The van der Waals surface area contributed by atoms with Gasteiger partial charge < -0.3 is 15.2 Å². The van der Waals surface area contributed by atoms with Crippen molar-refractivity contribution in [3.63, 3.8) is 0 Å². The summed E-state index contributed by atoms with van der Waals surface area (Å²) in [6.07, 6.45) is 4.32. The van der Waals surface area contributed by atoms with Gasteiger partial charge in [0.2, 0.25) is 0 Å². The molecule has 0 aliphatic carbocycles. The summed E-state index contributed by atoms with van der Waals surface area (Å²) in [6.45, 7) is 2.04. The predicted molar refractivity (Wildman–Crippen MR) is 100 cm³/mol. The van der Waals surface area contributed by atoms with Gasteiger partial charge in [-0.25, -0.2) is 0 Å². The Morgan fingerprint density at radius 2 is 1.60 bits per heavy atom. The number of unbranched alkanes of at least 4 members (excludes halogenated alkanes) is 1. The molecule has 0 bridgehead atoms. The standard InChI is InChI=1S/C21H27NO3/c23-21(24)14-16-22-15-13-19-9-11-20(12-10-19)25-17-5-4-8-18-6-2-1-3-7-18/h1-3,6-7,9-12,22H,4-5,8,13-17H2,(H,23,24). The van der Waals surface area contributed by atoms with Crippen LogP contribution in [0.5, 0.6) is 5.75 Å². The Morgan fingerprint density at radius 1 is 0.880 bits per heavy atom. The summed E-state index contributed by atoms with van der Waals surface area (Å²) < 4.78 is 5.79. The summed E-state index contributed by atoms with van der Waals surface area (Å²) in [7, 11) is 0. The van der Waals surface area contributed by atoms with Crippen LogP contribution in [-0.2, 0) is 17.6 Å². The smallest absolute Gasteiger partial charge is 0.304 e. The third-order valence-electron chi connectivity index (χ3n) is 4.00. The van der Waals surface area contributed by atoms with Crippen LogP contribution in [0, 0.1) is 0 Å². The fraction of sp³-hybridized carbons (Fsp3) is 0.381. The van der Waals surface area contributed by atoms with Crippen LogP contribution in [0.25, 0.3) is 0 Å². The van der Waals surface area contributed by atoms with E-state index in [0.29, 0.717) is 6.54 Å². The molecule has 2 aromatic rings. The topological polar surface area (TPSA) is 58.6 Å². The molecule has 0 atom stereocenters. The van der Waals surface area contributed by atoms with Crippen molar-refractivity contribution in [1.29, 1.82) is 0 Å². The summed E-state index contributed by atoms with van der Waals surface area (Å²) in [5.41, 5.74) is 2.60. The van der Waals surface area contributed by atoms with E-state index >= 15 is 0 Å². The maximum absolute atomic E-state index is 10.4. The van der Waals surface area contributed by atoms with E-state index in [1.165, 1.54) is 11.1 Å². The number of rotatable bonds is 12. The van der Waals surface area contributed by atoms with Crippen molar-refractivity contribution in [2.45, 2.75) is 32.1 Å². The van der Waals surface area contributed by atoms with Crippen molar-refractivity contribution in [1.82, 2.24) is 5.32 Å². The minimum atomic E-state index is -0.766. The highest BCUT2D eigenvalue weighted by Gasteiger charge is 1.99. The number of hydrogen-bond acceptors (Lipinski definition) is 3. The molecule has 2 rings (SSSR count). The fourth-order valence-corrected chi connectivity index (χ4v) is 2.57. The molecule has 0 saturated heterocycles. The first-order chi connectivity index (χ1) is 12.2. The van der Waals surface area contributed by atoms with Crippen molar-refractivity contribution < 1.29 is 14.6 Å². The Kier molecular flexibility index (Phi) is 8.56. The highest BCUT2D eigenvalue weighted by molar-refractivity contribution is 5.66. The Labute approximate surface area is 149 Å². The zero-order chi connectivity index (χ0) is 17.7. The van der Waals surface area contributed by atoms with Crippen molar-refractivity contribution in [2.24, 2.45) is 0 Å². The van der Waals surface area contributed by atoms with Crippen LogP contribution in [0.3, 0.4) is 0 Å². The number of aryl methyl sites for hydroxylation is 1. The molecule has 0 spiro atoms. The van der Waals surface area contributed by atoms with E-state index in [2.05, 4.69) is 41.7 Å². The van der Waals surface area contributed by atoms with Gasteiger partial charge in [-0.2, -0.15) is 0 Å². The summed E-state index contributed by atoms with van der Waals surface area (Å²) >= 11 is 0. The van der Waals surface area contributed by atoms with E-state index in [-0.39, 0.29) is 6.42 Å². The molecule has 0 heterocycles. The van der Waals surface area contributed by atoms with Gasteiger partial charge in [-0.1, -0.05) is 42.5 Å². The van der Waals surface area contributed by atoms with Gasteiger partial charge in [0.1, 0.15) is 5.75 Å². The van der Waals surface area contributed by atoms with Crippen LogP contribution in [-0.4, -0.2) is 30.8 Å². The molecule has 0 radical (unpaired) electrons. The molecule has 25 heavy (non-hydrogen) atoms. The number of ether oxygens (including phenoxy) is 1. The second-order valence-electron chi connectivity index (χ2n) is 6.08. The van der Waals surface area contributed by atoms with Crippen LogP contribution in [0.4, 0.5) is 0 Å². The summed E-state index contributed by atoms with van der Waals surface area (Å²) in [5.74, 6) is 0.139. The number of carboxylic acids is 1. The lowest BCUT2D eigenvalue weighted by molar-refractivity contribution is -0.136. The molecule has 0 unspecified atom stereocenters. The van der Waals surface area contributed by atoms with E-state index < -0.39 is 5.97 Å². The van der Waals surface area contributed by atoms with E-state index in [0.717, 1.165) is 44.6 Å². The van der Waals surface area contributed by atoms with E-state index in [1.54, 1.807) is 0 Å². The normalized spacial score (nSPS) is 10.6. The Balaban J connectivity index is 1.56. The summed E-state index contributed by atoms with van der Waals surface area (Å²) in [4.78, 5) is 10.4. The Morgan fingerprint density at radius 3 is 2.32 bits per heavy atom. The number of aliphatic carboxylic acids is 1. The molecule has 0 fully saturated rings. The SMILES string of the molecule is O=C(O)CCNCCc1ccc(OCCCCc2ccccc2)cc1. The average Bonchev–Trinajstić information content (AvgIpc) is 2.63. The quantitative estimate of drug-likeness (QED) is 0.578. The molecule has 4 heteroatoms. The minimum Gasteiger partial charge on any atom is -0.494 e. The van der Waals surface area contributed by atoms with Gasteiger partial charge in [0.05, 0.1) is 13.0 Å². The van der Waals surface area contributed by atoms with Gasteiger partial charge in [0.25, 0.3) is 0 Å². The van der Waals surface area contributed by atoms with Gasteiger partial charge in [0.15, 0.2) is 0 Å². The maximum Gasteiger partial charge on any atom is 0.304 e. The second-order valence-corrected chi connectivity index (χ2v) is 6.08. The highest BCUT2D eigenvalue weighted by Crippen LogP contribution is 2.13.